The molecule has 0 bridgehead atoms. The van der Waals surface area contributed by atoms with Crippen molar-refractivity contribution in [1.82, 2.24) is 15.2 Å². The van der Waals surface area contributed by atoms with Crippen LogP contribution in [0.15, 0.2) is 29.2 Å². The highest BCUT2D eigenvalue weighted by Gasteiger charge is 2.50. The van der Waals surface area contributed by atoms with Crippen LogP contribution < -0.4 is 5.32 Å². The summed E-state index contributed by atoms with van der Waals surface area (Å²) in [7, 11) is 0. The van der Waals surface area contributed by atoms with E-state index in [0.29, 0.717) is 37.4 Å². The van der Waals surface area contributed by atoms with Gasteiger partial charge in [0.1, 0.15) is 17.5 Å². The molecule has 7 nitrogen and oxygen atoms in total. The molecule has 1 saturated heterocycles. The van der Waals surface area contributed by atoms with Crippen LogP contribution in [0.3, 0.4) is 0 Å². The van der Waals surface area contributed by atoms with Gasteiger partial charge in [-0.25, -0.2) is 0 Å². The van der Waals surface area contributed by atoms with Gasteiger partial charge >= 0.3 is 0 Å². The van der Waals surface area contributed by atoms with Crippen LogP contribution in [0.5, 0.6) is 0 Å². The number of nitrogens with zero attached hydrogens (tertiary/aromatic N) is 1. The molecule has 3 fully saturated rings. The number of ketones is 2. The molecule has 5 atom stereocenters. The van der Waals surface area contributed by atoms with Gasteiger partial charge in [0.2, 0.25) is 5.91 Å². The smallest absolute Gasteiger partial charge is 0.271 e. The van der Waals surface area contributed by atoms with E-state index in [4.69, 9.17) is 0 Å². The number of thioether (sulfide) groups is 1. The normalized spacial score (nSPS) is 26.4. The molecule has 1 aromatic heterocycles. The lowest BCUT2D eigenvalue weighted by Crippen LogP contribution is -2.53. The van der Waals surface area contributed by atoms with Gasteiger partial charge in [0.05, 0.1) is 6.04 Å². The van der Waals surface area contributed by atoms with E-state index in [9.17, 15) is 19.2 Å². The Hall–Kier alpha value is -2.61. The first-order chi connectivity index (χ1) is 17.4. The van der Waals surface area contributed by atoms with Crippen LogP contribution in [0.2, 0.25) is 0 Å². The zero-order valence-electron chi connectivity index (χ0n) is 21.0. The van der Waals surface area contributed by atoms with Gasteiger partial charge in [-0.05, 0) is 68.4 Å². The Morgan fingerprint density at radius 2 is 2.03 bits per heavy atom. The molecule has 2 saturated carbocycles. The maximum absolute atomic E-state index is 13.8. The predicted molar refractivity (Wildman–Crippen MR) is 140 cm³/mol. The summed E-state index contributed by atoms with van der Waals surface area (Å²) in [6.45, 7) is 2.34. The standard InChI is InChI=1S/C28H35N3O4S/c1-3-23(32)21(13-16-7-5-11-24(16)33)30-27(34)26-18-9-4-8-17(18)15-31(26)28(35)22-14-19-20(29-22)10-6-12-25(19)36-2/h6,10,12,14,16-18,21,26,29H,3-5,7-9,11,13,15H2,1-2H3,(H,30,34)/t16-,17-,18-,21-,26-/m0/s1. The Kier molecular flexibility index (Phi) is 7.24. The lowest BCUT2D eigenvalue weighted by molar-refractivity contribution is -0.131. The zero-order valence-corrected chi connectivity index (χ0v) is 21.9. The molecule has 0 unspecified atom stereocenters. The monoisotopic (exact) mass is 509 g/mol. The number of hydrogen-bond acceptors (Lipinski definition) is 5. The fourth-order valence-corrected chi connectivity index (χ4v) is 7.23. The SMILES string of the molecule is CCC(=O)[C@H](C[C@@H]1CCCC1=O)NC(=O)[C@@H]1[C@H]2CCC[C@H]2CN1C(=O)c1cc2c(SC)cccc2[nH]1. The van der Waals surface area contributed by atoms with Crippen molar-refractivity contribution in [2.75, 3.05) is 12.8 Å². The highest BCUT2D eigenvalue weighted by atomic mass is 32.2. The second-order valence-corrected chi connectivity index (χ2v) is 11.4. The van der Waals surface area contributed by atoms with Gasteiger partial charge in [0.25, 0.3) is 5.91 Å². The first-order valence-corrected chi connectivity index (χ1v) is 14.5. The Balaban J connectivity index is 1.39. The van der Waals surface area contributed by atoms with Crippen molar-refractivity contribution in [1.29, 1.82) is 0 Å². The average Bonchev–Trinajstić information content (AvgIpc) is 3.66. The van der Waals surface area contributed by atoms with Crippen molar-refractivity contribution in [3.63, 3.8) is 0 Å². The Morgan fingerprint density at radius 1 is 1.19 bits per heavy atom. The average molecular weight is 510 g/mol. The minimum Gasteiger partial charge on any atom is -0.350 e. The summed E-state index contributed by atoms with van der Waals surface area (Å²) in [4.78, 5) is 58.6. The number of carbonyl (C=O) groups is 4. The minimum absolute atomic E-state index is 0.0536. The van der Waals surface area contributed by atoms with Crippen molar-refractivity contribution in [3.8, 4) is 0 Å². The molecule has 3 aliphatic rings. The number of carbonyl (C=O) groups excluding carboxylic acids is 4. The summed E-state index contributed by atoms with van der Waals surface area (Å²) in [5, 5.41) is 4.01. The molecule has 2 aliphatic carbocycles. The molecule has 192 valence electrons. The molecular formula is C28H35N3O4S. The van der Waals surface area contributed by atoms with E-state index in [1.807, 2.05) is 30.5 Å². The summed E-state index contributed by atoms with van der Waals surface area (Å²) in [5.41, 5.74) is 1.39. The lowest BCUT2D eigenvalue weighted by atomic mass is 9.91. The number of Topliss-reactive ketones (excluding diaryl/α,β-unsaturated/α-hetero) is 2. The molecule has 0 spiro atoms. The van der Waals surface area contributed by atoms with Crippen molar-refractivity contribution >= 4 is 46.0 Å². The summed E-state index contributed by atoms with van der Waals surface area (Å²) >= 11 is 1.63. The van der Waals surface area contributed by atoms with Gasteiger partial charge in [-0.3, -0.25) is 19.2 Å². The number of aromatic amines is 1. The van der Waals surface area contributed by atoms with Crippen LogP contribution in [-0.2, 0) is 14.4 Å². The number of aromatic nitrogens is 1. The van der Waals surface area contributed by atoms with Crippen LogP contribution in [-0.4, -0.2) is 58.1 Å². The molecule has 5 rings (SSSR count). The first kappa shape index (κ1) is 25.1. The quantitative estimate of drug-likeness (QED) is 0.516. The van der Waals surface area contributed by atoms with Gasteiger partial charge in [-0.15, -0.1) is 11.8 Å². The van der Waals surface area contributed by atoms with Gasteiger partial charge in [0.15, 0.2) is 5.78 Å². The summed E-state index contributed by atoms with van der Waals surface area (Å²) in [6.07, 6.45) is 7.84. The van der Waals surface area contributed by atoms with E-state index in [1.165, 1.54) is 0 Å². The summed E-state index contributed by atoms with van der Waals surface area (Å²) < 4.78 is 0. The topological polar surface area (TPSA) is 99.3 Å². The van der Waals surface area contributed by atoms with Crippen LogP contribution >= 0.6 is 11.8 Å². The van der Waals surface area contributed by atoms with E-state index in [2.05, 4.69) is 10.3 Å². The highest BCUT2D eigenvalue weighted by molar-refractivity contribution is 7.98. The van der Waals surface area contributed by atoms with Crippen LogP contribution in [0.1, 0.15) is 68.8 Å². The van der Waals surface area contributed by atoms with Crippen LogP contribution in [0.4, 0.5) is 0 Å². The maximum Gasteiger partial charge on any atom is 0.271 e. The first-order valence-electron chi connectivity index (χ1n) is 13.2. The molecule has 0 radical (unpaired) electrons. The van der Waals surface area contributed by atoms with Gasteiger partial charge in [0, 0.05) is 41.1 Å². The molecule has 2 N–H and O–H groups in total. The molecule has 8 heteroatoms. The fraction of sp³-hybridized carbons (Fsp3) is 0.571. The third-order valence-corrected chi connectivity index (χ3v) is 9.30. The number of amides is 2. The van der Waals surface area contributed by atoms with Gasteiger partial charge in [-0.1, -0.05) is 19.4 Å². The lowest BCUT2D eigenvalue weighted by Gasteiger charge is -2.29. The number of nitrogens with one attached hydrogen (secondary N) is 2. The number of rotatable bonds is 8. The third-order valence-electron chi connectivity index (χ3n) is 8.50. The van der Waals surface area contributed by atoms with Crippen molar-refractivity contribution in [2.24, 2.45) is 17.8 Å². The second kappa shape index (κ2) is 10.4. The molecule has 1 aromatic carbocycles. The number of hydrogen-bond donors (Lipinski definition) is 2. The molecule has 36 heavy (non-hydrogen) atoms. The second-order valence-electron chi connectivity index (χ2n) is 10.5. The van der Waals surface area contributed by atoms with E-state index < -0.39 is 12.1 Å². The van der Waals surface area contributed by atoms with Gasteiger partial charge in [-0.2, -0.15) is 0 Å². The summed E-state index contributed by atoms with van der Waals surface area (Å²) in [6, 6.07) is 6.58. The molecule has 1 aliphatic heterocycles. The van der Waals surface area contributed by atoms with Crippen LogP contribution in [0.25, 0.3) is 10.9 Å². The van der Waals surface area contributed by atoms with Gasteiger partial charge < -0.3 is 15.2 Å². The van der Waals surface area contributed by atoms with E-state index >= 15 is 0 Å². The number of benzene rings is 1. The minimum atomic E-state index is -0.677. The molecular weight excluding hydrogens is 474 g/mol. The summed E-state index contributed by atoms with van der Waals surface area (Å²) in [5.74, 6) is -0.0493. The van der Waals surface area contributed by atoms with Crippen molar-refractivity contribution < 1.29 is 19.2 Å². The molecule has 2 amide bonds. The zero-order chi connectivity index (χ0) is 25.4. The van der Waals surface area contributed by atoms with E-state index in [0.717, 1.165) is 47.9 Å². The third kappa shape index (κ3) is 4.60. The largest absolute Gasteiger partial charge is 0.350 e. The van der Waals surface area contributed by atoms with E-state index in [-0.39, 0.29) is 35.2 Å². The van der Waals surface area contributed by atoms with Crippen LogP contribution in [0, 0.1) is 17.8 Å². The maximum atomic E-state index is 13.8. The predicted octanol–water partition coefficient (Wildman–Crippen LogP) is 4.35. The Labute approximate surface area is 216 Å². The Morgan fingerprint density at radius 3 is 2.75 bits per heavy atom. The molecule has 2 heterocycles. The van der Waals surface area contributed by atoms with E-state index in [1.54, 1.807) is 23.6 Å². The number of H-pyrrole nitrogens is 1. The van der Waals surface area contributed by atoms with Crippen molar-refractivity contribution in [2.45, 2.75) is 75.3 Å². The number of likely N-dealkylation sites (tertiary alicyclic amines) is 1. The number of fused-ring (bicyclic) bond motifs is 2. The van der Waals surface area contributed by atoms with Crippen molar-refractivity contribution in [3.05, 3.63) is 30.0 Å². The fourth-order valence-electron chi connectivity index (χ4n) is 6.62. The highest BCUT2D eigenvalue weighted by Crippen LogP contribution is 2.43. The molecule has 2 aromatic rings. The Bertz CT molecular complexity index is 1190.